The second kappa shape index (κ2) is 6.70. The number of fused-ring (bicyclic) bond motifs is 1. The number of alkyl halides is 3. The van der Waals surface area contributed by atoms with Crippen LogP contribution in [0.5, 0.6) is 10.9 Å². The van der Waals surface area contributed by atoms with E-state index in [2.05, 4.69) is 4.98 Å². The van der Waals surface area contributed by atoms with Gasteiger partial charge in [0.25, 0.3) is 5.19 Å². The van der Waals surface area contributed by atoms with E-state index in [0.717, 1.165) is 27.9 Å². The van der Waals surface area contributed by atoms with E-state index in [1.54, 1.807) is 12.1 Å². The van der Waals surface area contributed by atoms with Gasteiger partial charge in [-0.2, -0.15) is 13.2 Å². The zero-order chi connectivity index (χ0) is 19.0. The van der Waals surface area contributed by atoms with Gasteiger partial charge >= 0.3 is 6.18 Å². The molecule has 0 N–H and O–H groups in total. The Kier molecular flexibility index (Phi) is 4.36. The highest BCUT2D eigenvalue weighted by molar-refractivity contribution is 7.20. The lowest BCUT2D eigenvalue weighted by atomic mass is 10.00. The highest BCUT2D eigenvalue weighted by atomic mass is 32.1. The Morgan fingerprint density at radius 1 is 0.926 bits per heavy atom. The van der Waals surface area contributed by atoms with Crippen LogP contribution in [0.2, 0.25) is 0 Å². The molecule has 0 saturated carbocycles. The van der Waals surface area contributed by atoms with E-state index in [4.69, 9.17) is 4.74 Å². The van der Waals surface area contributed by atoms with Crippen molar-refractivity contribution in [2.45, 2.75) is 13.1 Å². The normalized spacial score (nSPS) is 11.7. The van der Waals surface area contributed by atoms with Gasteiger partial charge in [0.1, 0.15) is 5.75 Å². The smallest absolute Gasteiger partial charge is 0.416 e. The first-order valence-corrected chi connectivity index (χ1v) is 9.03. The first kappa shape index (κ1) is 17.5. The predicted octanol–water partition coefficient (Wildman–Crippen LogP) is 7.08. The van der Waals surface area contributed by atoms with Crippen molar-refractivity contribution in [1.82, 2.24) is 4.98 Å². The number of aromatic nitrogens is 1. The van der Waals surface area contributed by atoms with Gasteiger partial charge in [-0.05, 0) is 48.9 Å². The molecule has 0 fully saturated rings. The minimum atomic E-state index is -4.39. The number of nitrogens with zero attached hydrogens (tertiary/aromatic N) is 1. The monoisotopic (exact) mass is 385 g/mol. The Hall–Kier alpha value is -2.86. The zero-order valence-corrected chi connectivity index (χ0v) is 15.1. The Morgan fingerprint density at radius 3 is 2.52 bits per heavy atom. The topological polar surface area (TPSA) is 22.1 Å². The van der Waals surface area contributed by atoms with Crippen LogP contribution in [0, 0.1) is 6.92 Å². The average Bonchev–Trinajstić information content (AvgIpc) is 3.05. The quantitative estimate of drug-likeness (QED) is 0.376. The SMILES string of the molecule is Cc1ccc(Oc2nc3ccccc3s2)c(-c2cccc(C(F)(F)F)c2)c1. The molecule has 136 valence electrons. The third-order valence-electron chi connectivity index (χ3n) is 4.11. The summed E-state index contributed by atoms with van der Waals surface area (Å²) in [6.45, 7) is 1.89. The van der Waals surface area contributed by atoms with Crippen LogP contribution in [0.15, 0.2) is 66.7 Å². The van der Waals surface area contributed by atoms with Gasteiger partial charge in [0.15, 0.2) is 0 Å². The van der Waals surface area contributed by atoms with Crippen molar-refractivity contribution in [3.05, 3.63) is 77.9 Å². The molecular weight excluding hydrogens is 371 g/mol. The summed E-state index contributed by atoms with van der Waals surface area (Å²) in [6, 6.07) is 18.3. The molecular formula is C21H14F3NOS. The maximum absolute atomic E-state index is 13.1. The van der Waals surface area contributed by atoms with Crippen LogP contribution in [0.3, 0.4) is 0 Å². The maximum atomic E-state index is 13.1. The number of hydrogen-bond acceptors (Lipinski definition) is 3. The molecule has 0 bridgehead atoms. The number of aryl methyl sites for hydroxylation is 1. The third-order valence-corrected chi connectivity index (χ3v) is 5.02. The van der Waals surface area contributed by atoms with Crippen LogP contribution < -0.4 is 4.74 Å². The van der Waals surface area contributed by atoms with Crippen LogP contribution in [-0.4, -0.2) is 4.98 Å². The van der Waals surface area contributed by atoms with Gasteiger partial charge in [-0.1, -0.05) is 47.2 Å². The van der Waals surface area contributed by atoms with Gasteiger partial charge in [0, 0.05) is 5.56 Å². The molecule has 0 aliphatic heterocycles. The molecule has 0 saturated heterocycles. The molecule has 0 radical (unpaired) electrons. The summed E-state index contributed by atoms with van der Waals surface area (Å²) in [5.74, 6) is 0.471. The largest absolute Gasteiger partial charge is 0.430 e. The van der Waals surface area contributed by atoms with E-state index in [-0.39, 0.29) is 0 Å². The minimum absolute atomic E-state index is 0.449. The first-order chi connectivity index (χ1) is 12.9. The highest BCUT2D eigenvalue weighted by Gasteiger charge is 2.30. The number of ether oxygens (including phenoxy) is 1. The Bertz CT molecular complexity index is 1080. The minimum Gasteiger partial charge on any atom is -0.430 e. The molecule has 2 nitrogen and oxygen atoms in total. The van der Waals surface area contributed by atoms with Crippen molar-refractivity contribution >= 4 is 21.6 Å². The van der Waals surface area contributed by atoms with Crippen molar-refractivity contribution in [1.29, 1.82) is 0 Å². The van der Waals surface area contributed by atoms with E-state index >= 15 is 0 Å². The van der Waals surface area contributed by atoms with Crippen molar-refractivity contribution < 1.29 is 17.9 Å². The van der Waals surface area contributed by atoms with Crippen LogP contribution in [0.4, 0.5) is 13.2 Å². The fourth-order valence-electron chi connectivity index (χ4n) is 2.81. The van der Waals surface area contributed by atoms with Gasteiger partial charge < -0.3 is 4.74 Å². The van der Waals surface area contributed by atoms with E-state index in [0.29, 0.717) is 22.1 Å². The maximum Gasteiger partial charge on any atom is 0.416 e. The summed E-state index contributed by atoms with van der Waals surface area (Å²) >= 11 is 1.39. The molecule has 0 atom stereocenters. The van der Waals surface area contributed by atoms with E-state index in [1.807, 2.05) is 43.3 Å². The fourth-order valence-corrected chi connectivity index (χ4v) is 3.64. The lowest BCUT2D eigenvalue weighted by Gasteiger charge is -2.13. The summed E-state index contributed by atoms with van der Waals surface area (Å²) in [7, 11) is 0. The standard InChI is InChI=1S/C21H14F3NOS/c1-13-9-10-18(26-20-25-17-7-2-3-8-19(17)27-20)16(11-13)14-5-4-6-15(12-14)21(22,23)24/h2-12H,1H3. The number of para-hydroxylation sites is 1. The van der Waals surface area contributed by atoms with Crippen molar-refractivity contribution in [2.75, 3.05) is 0 Å². The molecule has 1 aromatic heterocycles. The zero-order valence-electron chi connectivity index (χ0n) is 14.2. The summed E-state index contributed by atoms with van der Waals surface area (Å²) in [6.07, 6.45) is -4.39. The predicted molar refractivity (Wildman–Crippen MR) is 101 cm³/mol. The Balaban J connectivity index is 1.77. The summed E-state index contributed by atoms with van der Waals surface area (Å²) in [5, 5.41) is 0.452. The molecule has 1 heterocycles. The number of benzene rings is 3. The van der Waals surface area contributed by atoms with Gasteiger partial charge in [0.05, 0.1) is 15.8 Å². The molecule has 4 aromatic rings. The summed E-state index contributed by atoms with van der Waals surface area (Å²) in [4.78, 5) is 4.44. The number of rotatable bonds is 3. The average molecular weight is 385 g/mol. The molecule has 6 heteroatoms. The van der Waals surface area contributed by atoms with Crippen molar-refractivity contribution in [2.24, 2.45) is 0 Å². The Labute approximate surface area is 157 Å². The molecule has 0 amide bonds. The molecule has 0 unspecified atom stereocenters. The second-order valence-corrected chi connectivity index (χ2v) is 7.12. The van der Waals surface area contributed by atoms with E-state index in [1.165, 1.54) is 17.4 Å². The van der Waals surface area contributed by atoms with Gasteiger partial charge in [-0.3, -0.25) is 0 Å². The highest BCUT2D eigenvalue weighted by Crippen LogP contribution is 2.39. The van der Waals surface area contributed by atoms with Gasteiger partial charge in [0.2, 0.25) is 0 Å². The van der Waals surface area contributed by atoms with E-state index in [9.17, 15) is 13.2 Å². The third kappa shape index (κ3) is 3.66. The lowest BCUT2D eigenvalue weighted by Crippen LogP contribution is -2.04. The lowest BCUT2D eigenvalue weighted by molar-refractivity contribution is -0.137. The number of thiazole rings is 1. The fraction of sp³-hybridized carbons (Fsp3) is 0.0952. The second-order valence-electron chi connectivity index (χ2n) is 6.13. The molecule has 3 aromatic carbocycles. The summed E-state index contributed by atoms with van der Waals surface area (Å²) < 4.78 is 46.2. The van der Waals surface area contributed by atoms with Crippen LogP contribution >= 0.6 is 11.3 Å². The van der Waals surface area contributed by atoms with Crippen molar-refractivity contribution in [3.8, 4) is 22.1 Å². The van der Waals surface area contributed by atoms with Crippen molar-refractivity contribution in [3.63, 3.8) is 0 Å². The molecule has 0 spiro atoms. The molecule has 4 rings (SSSR count). The van der Waals surface area contributed by atoms with E-state index < -0.39 is 11.7 Å². The molecule has 27 heavy (non-hydrogen) atoms. The molecule has 0 aliphatic carbocycles. The van der Waals surface area contributed by atoms with Crippen LogP contribution in [0.1, 0.15) is 11.1 Å². The van der Waals surface area contributed by atoms with Gasteiger partial charge in [-0.15, -0.1) is 0 Å². The Morgan fingerprint density at radius 2 is 1.74 bits per heavy atom. The molecule has 0 aliphatic rings. The summed E-state index contributed by atoms with van der Waals surface area (Å²) in [5.41, 5.74) is 2.11. The van der Waals surface area contributed by atoms with Gasteiger partial charge in [-0.25, -0.2) is 4.98 Å². The first-order valence-electron chi connectivity index (χ1n) is 8.22. The number of halogens is 3. The van der Waals surface area contributed by atoms with Crippen LogP contribution in [-0.2, 0) is 6.18 Å². The van der Waals surface area contributed by atoms with Crippen LogP contribution in [0.25, 0.3) is 21.3 Å². The number of hydrogen-bond donors (Lipinski definition) is 0.